The minimum Gasteiger partial charge on any atom is -0.480 e. The molecule has 0 saturated carbocycles. The maximum absolute atomic E-state index is 12.7. The van der Waals surface area contributed by atoms with Gasteiger partial charge < -0.3 is 10.0 Å². The molecule has 2 saturated heterocycles. The summed E-state index contributed by atoms with van der Waals surface area (Å²) in [5.74, 6) is -1.89. The SMILES string of the molecule is Cc1ccnc(/C=C2/C(=O)N3C2S(=O)(=O)C(C)(C)[C@@H]3C(=O)O)c1. The van der Waals surface area contributed by atoms with Gasteiger partial charge in [-0.3, -0.25) is 9.78 Å². The van der Waals surface area contributed by atoms with Gasteiger partial charge in [0.2, 0.25) is 0 Å². The van der Waals surface area contributed by atoms with Gasteiger partial charge in [0.1, 0.15) is 4.75 Å². The van der Waals surface area contributed by atoms with Crippen LogP contribution in [0.25, 0.3) is 6.08 Å². The summed E-state index contributed by atoms with van der Waals surface area (Å²) >= 11 is 0. The molecule has 0 spiro atoms. The molecule has 1 unspecified atom stereocenters. The van der Waals surface area contributed by atoms with Crippen molar-refractivity contribution in [2.24, 2.45) is 0 Å². The summed E-state index contributed by atoms with van der Waals surface area (Å²) in [5, 5.41) is 8.13. The number of carboxylic acids is 1. The van der Waals surface area contributed by atoms with E-state index in [9.17, 15) is 23.1 Å². The van der Waals surface area contributed by atoms with Crippen molar-refractivity contribution in [1.29, 1.82) is 0 Å². The Kier molecular flexibility index (Phi) is 3.16. The van der Waals surface area contributed by atoms with Gasteiger partial charge in [-0.05, 0) is 44.5 Å². The molecule has 0 aromatic carbocycles. The Hall–Kier alpha value is -2.22. The molecule has 1 amide bonds. The standard InChI is InChI=1S/C15H16N2O5S/c1-8-4-5-16-9(6-8)7-10-12(18)17-11(14(19)20)15(2,3)23(21,22)13(10)17/h4-7,11,13H,1-3H3,(H,19,20)/b10-7-/t11-,13?/m0/s1. The highest BCUT2D eigenvalue weighted by Gasteiger charge is 2.70. The number of aliphatic carboxylic acids is 1. The lowest BCUT2D eigenvalue weighted by molar-refractivity contribution is -0.152. The fourth-order valence-corrected chi connectivity index (χ4v) is 5.26. The largest absolute Gasteiger partial charge is 0.480 e. The van der Waals surface area contributed by atoms with Crippen LogP contribution in [0.2, 0.25) is 0 Å². The number of amides is 1. The first-order valence-corrected chi connectivity index (χ1v) is 8.57. The van der Waals surface area contributed by atoms with E-state index in [0.29, 0.717) is 5.69 Å². The number of pyridine rings is 1. The van der Waals surface area contributed by atoms with Crippen LogP contribution in [0.15, 0.2) is 23.9 Å². The zero-order valence-electron chi connectivity index (χ0n) is 12.8. The molecule has 3 rings (SSSR count). The van der Waals surface area contributed by atoms with Gasteiger partial charge in [-0.15, -0.1) is 0 Å². The summed E-state index contributed by atoms with van der Waals surface area (Å²) in [7, 11) is -3.84. The van der Waals surface area contributed by atoms with Crippen LogP contribution < -0.4 is 0 Å². The average Bonchev–Trinajstić information content (AvgIpc) is 2.58. The third-order valence-corrected chi connectivity index (χ3v) is 7.20. The van der Waals surface area contributed by atoms with Crippen LogP contribution in [0.3, 0.4) is 0 Å². The van der Waals surface area contributed by atoms with Crippen LogP contribution in [0, 0.1) is 6.92 Å². The number of nitrogens with zero attached hydrogens (tertiary/aromatic N) is 2. The number of sulfone groups is 1. The van der Waals surface area contributed by atoms with Crippen molar-refractivity contribution in [2.45, 2.75) is 36.9 Å². The molecule has 3 heterocycles. The van der Waals surface area contributed by atoms with Gasteiger partial charge in [0.25, 0.3) is 5.91 Å². The topological polar surface area (TPSA) is 105 Å². The second kappa shape index (κ2) is 4.64. The Morgan fingerprint density at radius 1 is 1.43 bits per heavy atom. The van der Waals surface area contributed by atoms with Crippen LogP contribution in [0.5, 0.6) is 0 Å². The van der Waals surface area contributed by atoms with Crippen LogP contribution in [-0.2, 0) is 19.4 Å². The predicted molar refractivity (Wildman–Crippen MR) is 82.0 cm³/mol. The molecule has 1 aromatic heterocycles. The van der Waals surface area contributed by atoms with Crippen LogP contribution >= 0.6 is 0 Å². The average molecular weight is 336 g/mol. The van der Waals surface area contributed by atoms with E-state index >= 15 is 0 Å². The fourth-order valence-electron chi connectivity index (χ4n) is 3.14. The quantitative estimate of drug-likeness (QED) is 0.626. The van der Waals surface area contributed by atoms with E-state index in [1.807, 2.05) is 6.92 Å². The van der Waals surface area contributed by atoms with Crippen molar-refractivity contribution in [1.82, 2.24) is 9.88 Å². The molecule has 1 N–H and O–H groups in total. The van der Waals surface area contributed by atoms with E-state index in [-0.39, 0.29) is 5.57 Å². The molecule has 7 nitrogen and oxygen atoms in total. The lowest BCUT2D eigenvalue weighted by Gasteiger charge is -2.37. The number of aromatic nitrogens is 1. The third kappa shape index (κ3) is 1.94. The number of rotatable bonds is 2. The van der Waals surface area contributed by atoms with Gasteiger partial charge >= 0.3 is 5.97 Å². The second-order valence-electron chi connectivity index (χ2n) is 6.31. The molecule has 2 aliphatic heterocycles. The zero-order valence-corrected chi connectivity index (χ0v) is 13.7. The van der Waals surface area contributed by atoms with E-state index in [4.69, 9.17) is 0 Å². The molecule has 0 bridgehead atoms. The maximum atomic E-state index is 12.7. The van der Waals surface area contributed by atoms with Gasteiger partial charge in [-0.25, -0.2) is 13.2 Å². The maximum Gasteiger partial charge on any atom is 0.328 e. The number of carbonyl (C=O) groups excluding carboxylic acids is 1. The van der Waals surface area contributed by atoms with Crippen molar-refractivity contribution < 1.29 is 23.1 Å². The van der Waals surface area contributed by atoms with Crippen LogP contribution in [0.4, 0.5) is 0 Å². The minimum absolute atomic E-state index is 0.0694. The smallest absolute Gasteiger partial charge is 0.328 e. The van der Waals surface area contributed by atoms with Gasteiger partial charge in [0, 0.05) is 6.20 Å². The van der Waals surface area contributed by atoms with E-state index in [0.717, 1.165) is 10.5 Å². The molecule has 23 heavy (non-hydrogen) atoms. The summed E-state index contributed by atoms with van der Waals surface area (Å²) in [6, 6.07) is 2.13. The number of hydrogen-bond donors (Lipinski definition) is 1. The molecule has 1 aromatic rings. The predicted octanol–water partition coefficient (Wildman–Crippen LogP) is 0.602. The Labute approximate surface area is 133 Å². The first kappa shape index (κ1) is 15.7. The molecule has 8 heteroatoms. The monoisotopic (exact) mass is 336 g/mol. The highest BCUT2D eigenvalue weighted by molar-refractivity contribution is 7.94. The molecule has 2 aliphatic rings. The Bertz CT molecular complexity index is 856. The van der Waals surface area contributed by atoms with Crippen molar-refractivity contribution in [3.05, 3.63) is 35.2 Å². The van der Waals surface area contributed by atoms with E-state index in [2.05, 4.69) is 4.98 Å². The molecule has 0 radical (unpaired) electrons. The summed E-state index contributed by atoms with van der Waals surface area (Å²) in [6.45, 7) is 4.54. The molecule has 0 aliphatic carbocycles. The number of carbonyl (C=O) groups is 2. The first-order chi connectivity index (χ1) is 10.6. The Balaban J connectivity index is 2.10. The Morgan fingerprint density at radius 3 is 2.65 bits per heavy atom. The van der Waals surface area contributed by atoms with Crippen LogP contribution in [0.1, 0.15) is 25.1 Å². The molecule has 2 atom stereocenters. The number of carboxylic acid groups (broad SMARTS) is 1. The van der Waals surface area contributed by atoms with Gasteiger partial charge in [-0.2, -0.15) is 0 Å². The van der Waals surface area contributed by atoms with E-state index < -0.39 is 37.9 Å². The molecule has 2 fully saturated rings. The summed E-state index contributed by atoms with van der Waals surface area (Å²) in [4.78, 5) is 28.8. The van der Waals surface area contributed by atoms with Gasteiger partial charge in [0.15, 0.2) is 21.3 Å². The molecular formula is C15H16N2O5S. The van der Waals surface area contributed by atoms with Crippen molar-refractivity contribution in [3.63, 3.8) is 0 Å². The van der Waals surface area contributed by atoms with Gasteiger partial charge in [-0.1, -0.05) is 0 Å². The summed E-state index contributed by atoms with van der Waals surface area (Å²) in [6.07, 6.45) is 2.99. The summed E-state index contributed by atoms with van der Waals surface area (Å²) in [5.41, 5.74) is 1.47. The minimum atomic E-state index is -3.84. The number of hydrogen-bond acceptors (Lipinski definition) is 5. The third-order valence-electron chi connectivity index (χ3n) is 4.44. The highest BCUT2D eigenvalue weighted by atomic mass is 32.2. The van der Waals surface area contributed by atoms with Crippen molar-refractivity contribution >= 4 is 27.8 Å². The fraction of sp³-hybridized carbons (Fsp3) is 0.400. The second-order valence-corrected chi connectivity index (χ2v) is 8.90. The Morgan fingerprint density at radius 2 is 2.09 bits per heavy atom. The lowest BCUT2D eigenvalue weighted by Crippen LogP contribution is -2.58. The normalized spacial score (nSPS) is 29.3. The van der Waals surface area contributed by atoms with E-state index in [1.165, 1.54) is 19.9 Å². The molecule has 122 valence electrons. The zero-order chi connectivity index (χ0) is 17.2. The highest BCUT2D eigenvalue weighted by Crippen LogP contribution is 2.48. The number of aryl methyl sites for hydroxylation is 1. The van der Waals surface area contributed by atoms with E-state index in [1.54, 1.807) is 18.3 Å². The van der Waals surface area contributed by atoms with Crippen molar-refractivity contribution in [2.75, 3.05) is 0 Å². The number of β-lactam (4-membered cyclic amide) rings is 1. The lowest BCUT2D eigenvalue weighted by atomic mass is 9.95. The van der Waals surface area contributed by atoms with Crippen molar-refractivity contribution in [3.8, 4) is 0 Å². The van der Waals surface area contributed by atoms with Crippen LogP contribution in [-0.4, -0.2) is 51.4 Å². The first-order valence-electron chi connectivity index (χ1n) is 7.02. The number of fused-ring (bicyclic) bond motifs is 1. The summed E-state index contributed by atoms with van der Waals surface area (Å²) < 4.78 is 23.8. The molecular weight excluding hydrogens is 320 g/mol. The van der Waals surface area contributed by atoms with Gasteiger partial charge in [0.05, 0.1) is 11.3 Å².